The smallest absolute Gasteiger partial charge is 0.550 e. The van der Waals surface area contributed by atoms with Gasteiger partial charge in [-0.2, -0.15) is 0 Å². The third kappa shape index (κ3) is 29.8. The summed E-state index contributed by atoms with van der Waals surface area (Å²) in [7, 11) is 0. The molecule has 0 fully saturated rings. The molecule has 0 bridgehead atoms. The molecule has 2 unspecified atom stereocenters. The third-order valence-electron chi connectivity index (χ3n) is 1.38. The van der Waals surface area contributed by atoms with Gasteiger partial charge in [-0.1, -0.05) is 0 Å². The van der Waals surface area contributed by atoms with Crippen LogP contribution in [0.1, 0.15) is 12.8 Å². The molecule has 0 spiro atoms. The van der Waals surface area contributed by atoms with Crippen molar-refractivity contribution in [3.8, 4) is 0 Å². The Morgan fingerprint density at radius 1 is 0.636 bits per heavy atom. The van der Waals surface area contributed by atoms with Crippen molar-refractivity contribution in [1.29, 1.82) is 0 Å². The first-order chi connectivity index (χ1) is 8.07. The first kappa shape index (κ1) is 39.0. The molecule has 4 N–H and O–H groups in total. The average molecular weight is 354 g/mol. The first-order valence-electron chi connectivity index (χ1n) is 4.40. The molecule has 0 rings (SSSR count). The monoisotopic (exact) mass is 354 g/mol. The topological polar surface area (TPSA) is 213 Å². The van der Waals surface area contributed by atoms with Crippen LogP contribution in [0.15, 0.2) is 0 Å². The predicted molar refractivity (Wildman–Crippen MR) is 45.2 cm³/mol. The summed E-state index contributed by atoms with van der Waals surface area (Å²) in [5.41, 5.74) is 9.47. The Bertz CT molecular complexity index is 312. The third-order valence-corrected chi connectivity index (χ3v) is 1.38. The number of rotatable bonds is 6. The van der Waals surface area contributed by atoms with E-state index in [9.17, 15) is 39.6 Å². The van der Waals surface area contributed by atoms with Crippen molar-refractivity contribution in [3.63, 3.8) is 0 Å². The zero-order valence-electron chi connectivity index (χ0n) is 13.0. The molecule has 10 nitrogen and oxygen atoms in total. The minimum absolute atomic E-state index is 0. The van der Waals surface area contributed by atoms with Gasteiger partial charge in [-0.15, -0.1) is 0 Å². The van der Waals surface area contributed by atoms with E-state index < -0.39 is 48.8 Å². The SMILES string of the molecule is NC(CC(=O)[O-])C(=O)[O-].NC(CC(=O)[O-])C(=O)[O-].[Na+].[Na+].[Na+].[Na+]. The van der Waals surface area contributed by atoms with Crippen molar-refractivity contribution in [1.82, 2.24) is 0 Å². The van der Waals surface area contributed by atoms with E-state index in [0.29, 0.717) is 0 Å². The maximum absolute atomic E-state index is 9.71. The Hall–Kier alpha value is 1.80. The molecule has 0 saturated carbocycles. The van der Waals surface area contributed by atoms with Crippen LogP contribution in [0, 0.1) is 0 Å². The number of aliphatic carboxylic acids is 4. The minimum atomic E-state index is -1.58. The van der Waals surface area contributed by atoms with Gasteiger partial charge < -0.3 is 51.1 Å². The molecular formula is C8H10N2Na4O8. The van der Waals surface area contributed by atoms with Gasteiger partial charge in [0.1, 0.15) is 0 Å². The molecule has 0 aromatic rings. The summed E-state index contributed by atoms with van der Waals surface area (Å²) in [6, 6.07) is -2.93. The minimum Gasteiger partial charge on any atom is -0.550 e. The van der Waals surface area contributed by atoms with Gasteiger partial charge in [0.25, 0.3) is 0 Å². The Kier molecular flexibility index (Phi) is 40.5. The van der Waals surface area contributed by atoms with E-state index in [0.717, 1.165) is 0 Å². The standard InChI is InChI=1S/2C4H7NO4.4Na/c2*5-2(4(8)9)1-3(6)7;;;;/h2*2H,1,5H2,(H,6,7)(H,8,9);;;;/q;;4*+1/p-4. The number of carbonyl (C=O) groups excluding carboxylic acids is 4. The van der Waals surface area contributed by atoms with Crippen LogP contribution < -0.4 is 150 Å². The summed E-state index contributed by atoms with van der Waals surface area (Å²) in [5.74, 6) is -6.16. The van der Waals surface area contributed by atoms with Crippen LogP contribution in [0.4, 0.5) is 0 Å². The molecule has 14 heteroatoms. The quantitative estimate of drug-likeness (QED) is 0.429. The van der Waals surface area contributed by atoms with Crippen LogP contribution in [0.3, 0.4) is 0 Å². The van der Waals surface area contributed by atoms with E-state index in [1.807, 2.05) is 0 Å². The molecule has 0 aliphatic heterocycles. The van der Waals surface area contributed by atoms with Crippen molar-refractivity contribution in [2.24, 2.45) is 11.5 Å². The number of nitrogens with two attached hydrogens (primary N) is 2. The second kappa shape index (κ2) is 22.8. The number of hydrogen-bond donors (Lipinski definition) is 2. The summed E-state index contributed by atoms with van der Waals surface area (Å²) in [6.45, 7) is 0. The predicted octanol–water partition coefficient (Wildman–Crippen LogP) is -19.6. The maximum Gasteiger partial charge on any atom is 1.00 e. The van der Waals surface area contributed by atoms with Crippen LogP contribution in [-0.2, 0) is 19.2 Å². The van der Waals surface area contributed by atoms with Gasteiger partial charge in [0.2, 0.25) is 0 Å². The number of carbonyl (C=O) groups is 4. The molecule has 22 heavy (non-hydrogen) atoms. The van der Waals surface area contributed by atoms with Crippen LogP contribution >= 0.6 is 0 Å². The van der Waals surface area contributed by atoms with Gasteiger partial charge >= 0.3 is 118 Å². The molecule has 0 aliphatic carbocycles. The fourth-order valence-electron chi connectivity index (χ4n) is 0.526. The number of hydrogen-bond acceptors (Lipinski definition) is 10. The molecule has 0 heterocycles. The van der Waals surface area contributed by atoms with Gasteiger partial charge in [0.15, 0.2) is 0 Å². The molecule has 0 aromatic carbocycles. The van der Waals surface area contributed by atoms with Crippen LogP contribution in [0.2, 0.25) is 0 Å². The maximum atomic E-state index is 9.71. The van der Waals surface area contributed by atoms with Crippen molar-refractivity contribution >= 4 is 23.9 Å². The zero-order chi connectivity index (χ0) is 14.9. The van der Waals surface area contributed by atoms with E-state index in [2.05, 4.69) is 0 Å². The molecule has 0 saturated heterocycles. The fourth-order valence-corrected chi connectivity index (χ4v) is 0.526. The Morgan fingerprint density at radius 2 is 0.818 bits per heavy atom. The average Bonchev–Trinajstić information content (AvgIpc) is 2.16. The molecular weight excluding hydrogens is 344 g/mol. The van der Waals surface area contributed by atoms with E-state index >= 15 is 0 Å². The Balaban J connectivity index is -0.0000000492. The van der Waals surface area contributed by atoms with Crippen LogP contribution in [0.25, 0.3) is 0 Å². The Labute approximate surface area is 214 Å². The zero-order valence-corrected chi connectivity index (χ0v) is 21.0. The molecule has 2 atom stereocenters. The van der Waals surface area contributed by atoms with Crippen molar-refractivity contribution in [3.05, 3.63) is 0 Å². The first-order valence-corrected chi connectivity index (χ1v) is 4.40. The molecule has 0 radical (unpaired) electrons. The van der Waals surface area contributed by atoms with E-state index in [-0.39, 0.29) is 118 Å². The van der Waals surface area contributed by atoms with E-state index in [4.69, 9.17) is 11.5 Å². The molecule has 0 aliphatic rings. The van der Waals surface area contributed by atoms with Gasteiger partial charge in [-0.25, -0.2) is 0 Å². The summed E-state index contributed by atoms with van der Waals surface area (Å²) in [6.07, 6.45) is -1.41. The molecule has 0 amide bonds. The van der Waals surface area contributed by atoms with Crippen LogP contribution in [0.5, 0.6) is 0 Å². The summed E-state index contributed by atoms with van der Waals surface area (Å²) in [5, 5.41) is 38.7. The normalized spacial score (nSPS) is 10.3. The van der Waals surface area contributed by atoms with Gasteiger partial charge in [0.05, 0.1) is 11.9 Å². The molecule has 0 aromatic heterocycles. The van der Waals surface area contributed by atoms with E-state index in [1.54, 1.807) is 0 Å². The largest absolute Gasteiger partial charge is 1.00 e. The van der Waals surface area contributed by atoms with Gasteiger partial charge in [-0.05, 0) is 0 Å². The fraction of sp³-hybridized carbons (Fsp3) is 0.500. The van der Waals surface area contributed by atoms with Gasteiger partial charge in [-0.3, -0.25) is 0 Å². The second-order valence-electron chi connectivity index (χ2n) is 3.00. The van der Waals surface area contributed by atoms with Crippen molar-refractivity contribution in [2.45, 2.75) is 24.9 Å². The van der Waals surface area contributed by atoms with Crippen LogP contribution in [-0.4, -0.2) is 36.0 Å². The number of carboxylic acids is 4. The van der Waals surface area contributed by atoms with Crippen molar-refractivity contribution < 1.29 is 158 Å². The molecule has 104 valence electrons. The van der Waals surface area contributed by atoms with Gasteiger partial charge in [0, 0.05) is 36.9 Å². The van der Waals surface area contributed by atoms with Crippen molar-refractivity contribution in [2.75, 3.05) is 0 Å². The summed E-state index contributed by atoms with van der Waals surface area (Å²) >= 11 is 0. The summed E-state index contributed by atoms with van der Waals surface area (Å²) in [4.78, 5) is 38.7. The number of carboxylic acid groups (broad SMARTS) is 4. The second-order valence-corrected chi connectivity index (χ2v) is 3.00. The Morgan fingerprint density at radius 3 is 0.864 bits per heavy atom. The summed E-state index contributed by atoms with van der Waals surface area (Å²) < 4.78 is 0. The van der Waals surface area contributed by atoms with E-state index in [1.165, 1.54) is 0 Å².